The average Bonchev–Trinajstić information content (AvgIpc) is 3.40. The molecule has 11 nitrogen and oxygen atoms in total. The molecule has 1 heterocycles. The van der Waals surface area contributed by atoms with Crippen molar-refractivity contribution in [3.63, 3.8) is 0 Å². The molecular weight excluding hydrogens is 592 g/mol. The summed E-state index contributed by atoms with van der Waals surface area (Å²) < 4.78 is 26.3. The van der Waals surface area contributed by atoms with E-state index in [4.69, 9.17) is 5.73 Å². The highest BCUT2D eigenvalue weighted by Crippen LogP contribution is 2.29. The minimum atomic E-state index is -3.54. The van der Waals surface area contributed by atoms with Gasteiger partial charge in [-0.2, -0.15) is 0 Å². The maximum Gasteiger partial charge on any atom is 0.271 e. The summed E-state index contributed by atoms with van der Waals surface area (Å²) in [5, 5.41) is 11.7. The van der Waals surface area contributed by atoms with E-state index in [2.05, 4.69) is 20.8 Å². The average molecular weight is 633 g/mol. The van der Waals surface area contributed by atoms with E-state index >= 15 is 0 Å². The van der Waals surface area contributed by atoms with Crippen LogP contribution in [-0.4, -0.2) is 61.4 Å². The van der Waals surface area contributed by atoms with Crippen LogP contribution in [0.1, 0.15) is 36.8 Å². The van der Waals surface area contributed by atoms with Gasteiger partial charge in [0.2, 0.25) is 21.8 Å². The number of aromatic nitrogens is 2. The van der Waals surface area contributed by atoms with E-state index in [0.717, 1.165) is 47.9 Å². The number of aromatic amines is 2. The van der Waals surface area contributed by atoms with Crippen LogP contribution < -0.4 is 21.9 Å². The highest BCUT2D eigenvalue weighted by molar-refractivity contribution is 7.89. The molecule has 0 spiro atoms. The molecule has 0 bridgehead atoms. The topological polar surface area (TPSA) is 170 Å². The number of fused-ring (bicyclic) bond motifs is 1. The SMILES string of the molecule is Cc1cc(S(=O)(=O)N(C)C)ccc1-c1ccc(CC(NC(=O)C2CCC(CN)CC2)C(=O)Nc2ccc3c(=O)[nH][nH]c3c2)cc1. The highest BCUT2D eigenvalue weighted by Gasteiger charge is 2.29. The summed E-state index contributed by atoms with van der Waals surface area (Å²) in [4.78, 5) is 39.0. The molecular formula is C33H40N6O5S. The molecule has 0 saturated heterocycles. The minimum absolute atomic E-state index is 0.143. The first kappa shape index (κ1) is 32.1. The van der Waals surface area contributed by atoms with Gasteiger partial charge in [0, 0.05) is 32.1 Å². The van der Waals surface area contributed by atoms with Gasteiger partial charge in [0.25, 0.3) is 5.56 Å². The lowest BCUT2D eigenvalue weighted by Crippen LogP contribution is -2.48. The number of rotatable bonds is 10. The Hall–Kier alpha value is -4.26. The lowest BCUT2D eigenvalue weighted by molar-refractivity contribution is -0.130. The summed E-state index contributed by atoms with van der Waals surface area (Å²) in [6.07, 6.45) is 3.52. The number of H-pyrrole nitrogens is 2. The maximum absolute atomic E-state index is 13.6. The molecule has 1 atom stereocenters. The molecule has 3 aromatic carbocycles. The molecule has 238 valence electrons. The number of hydrogen-bond acceptors (Lipinski definition) is 6. The number of amides is 2. The normalized spacial score (nSPS) is 17.7. The second kappa shape index (κ2) is 13.4. The standard InChI is InChI=1S/C33H40N6O5S/c1-20-16-26(45(43,44)39(2)3)13-15-27(20)23-8-4-21(5-9-23)17-30(36-31(40)24-10-6-22(19-34)7-11-24)33(42)35-25-12-14-28-29(18-25)37-38-32(28)41/h4-5,8-9,12-16,18,22,24,30H,6-7,10-11,17,19,34H2,1-3H3,(H,35,42)(H,36,40)(H2,37,38,41). The van der Waals surface area contributed by atoms with Crippen molar-refractivity contribution in [1.29, 1.82) is 0 Å². The number of carbonyl (C=O) groups excluding carboxylic acids is 2. The minimum Gasteiger partial charge on any atom is -0.344 e. The zero-order valence-corrected chi connectivity index (χ0v) is 26.5. The van der Waals surface area contributed by atoms with Gasteiger partial charge in [-0.1, -0.05) is 30.3 Å². The zero-order chi connectivity index (χ0) is 32.3. The Morgan fingerprint density at radius 3 is 2.33 bits per heavy atom. The summed E-state index contributed by atoms with van der Waals surface area (Å²) >= 11 is 0. The van der Waals surface area contributed by atoms with Crippen LogP contribution in [0.4, 0.5) is 5.69 Å². The van der Waals surface area contributed by atoms with Gasteiger partial charge in [-0.15, -0.1) is 0 Å². The molecule has 1 aliphatic carbocycles. The van der Waals surface area contributed by atoms with E-state index in [9.17, 15) is 22.8 Å². The van der Waals surface area contributed by atoms with Crippen LogP contribution in [0.5, 0.6) is 0 Å². The molecule has 45 heavy (non-hydrogen) atoms. The summed E-state index contributed by atoms with van der Waals surface area (Å²) in [5.41, 5.74) is 10.1. The number of hydrogen-bond donors (Lipinski definition) is 5. The van der Waals surface area contributed by atoms with Crippen molar-refractivity contribution in [3.8, 4) is 11.1 Å². The first-order chi connectivity index (χ1) is 21.5. The lowest BCUT2D eigenvalue weighted by atomic mass is 9.81. The van der Waals surface area contributed by atoms with Crippen LogP contribution >= 0.6 is 0 Å². The predicted molar refractivity (Wildman–Crippen MR) is 175 cm³/mol. The fourth-order valence-corrected chi connectivity index (χ4v) is 6.88. The quantitative estimate of drug-likeness (QED) is 0.179. The molecule has 4 aromatic rings. The van der Waals surface area contributed by atoms with E-state index < -0.39 is 16.1 Å². The van der Waals surface area contributed by atoms with Crippen LogP contribution in [0.2, 0.25) is 0 Å². The van der Waals surface area contributed by atoms with Gasteiger partial charge in [0.15, 0.2) is 0 Å². The van der Waals surface area contributed by atoms with Gasteiger partial charge >= 0.3 is 0 Å². The number of nitrogens with two attached hydrogens (primary N) is 1. The van der Waals surface area contributed by atoms with Crippen molar-refractivity contribution in [1.82, 2.24) is 19.8 Å². The van der Waals surface area contributed by atoms with Crippen molar-refractivity contribution in [2.75, 3.05) is 26.0 Å². The number of sulfonamides is 1. The number of aryl methyl sites for hydroxylation is 1. The van der Waals surface area contributed by atoms with E-state index in [1.165, 1.54) is 18.4 Å². The molecule has 5 rings (SSSR count). The lowest BCUT2D eigenvalue weighted by Gasteiger charge is -2.28. The Morgan fingerprint density at radius 2 is 1.69 bits per heavy atom. The Kier molecular flexibility index (Phi) is 9.56. The van der Waals surface area contributed by atoms with Crippen LogP contribution in [0.15, 0.2) is 70.4 Å². The van der Waals surface area contributed by atoms with Crippen LogP contribution in [0.3, 0.4) is 0 Å². The van der Waals surface area contributed by atoms with E-state index in [-0.39, 0.29) is 34.6 Å². The van der Waals surface area contributed by atoms with Gasteiger partial charge in [-0.3, -0.25) is 24.6 Å². The fraction of sp³-hybridized carbons (Fsp3) is 0.364. The summed E-state index contributed by atoms with van der Waals surface area (Å²) in [5.74, 6) is -0.252. The molecule has 1 saturated carbocycles. The van der Waals surface area contributed by atoms with Crippen molar-refractivity contribution in [3.05, 3.63) is 82.1 Å². The van der Waals surface area contributed by atoms with Gasteiger partial charge in [-0.05, 0) is 97.7 Å². The third-order valence-corrected chi connectivity index (χ3v) is 10.5. The molecule has 1 aromatic heterocycles. The molecule has 1 fully saturated rings. The predicted octanol–water partition coefficient (Wildman–Crippen LogP) is 3.51. The fourth-order valence-electron chi connectivity index (χ4n) is 5.89. The number of nitrogens with one attached hydrogen (secondary N) is 4. The number of carbonyl (C=O) groups is 2. The second-order valence-electron chi connectivity index (χ2n) is 12.0. The number of anilines is 1. The van der Waals surface area contributed by atoms with Gasteiger partial charge in [-0.25, -0.2) is 12.7 Å². The summed E-state index contributed by atoms with van der Waals surface area (Å²) in [7, 11) is -0.539. The first-order valence-electron chi connectivity index (χ1n) is 15.1. The van der Waals surface area contributed by atoms with Crippen LogP contribution in [0, 0.1) is 18.8 Å². The molecule has 1 aliphatic rings. The smallest absolute Gasteiger partial charge is 0.271 e. The molecule has 12 heteroatoms. The zero-order valence-electron chi connectivity index (χ0n) is 25.7. The Morgan fingerprint density at radius 1 is 0.978 bits per heavy atom. The van der Waals surface area contributed by atoms with Crippen molar-refractivity contribution >= 4 is 38.4 Å². The largest absolute Gasteiger partial charge is 0.344 e. The molecule has 0 aliphatic heterocycles. The van der Waals surface area contributed by atoms with E-state index in [1.54, 1.807) is 36.4 Å². The highest BCUT2D eigenvalue weighted by atomic mass is 32.2. The van der Waals surface area contributed by atoms with Gasteiger partial charge in [0.05, 0.1) is 15.8 Å². The van der Waals surface area contributed by atoms with Crippen molar-refractivity contribution in [2.24, 2.45) is 17.6 Å². The van der Waals surface area contributed by atoms with Gasteiger partial charge < -0.3 is 16.4 Å². The maximum atomic E-state index is 13.6. The number of benzene rings is 3. The summed E-state index contributed by atoms with van der Waals surface area (Å²) in [6.45, 7) is 2.49. The third-order valence-electron chi connectivity index (χ3n) is 8.71. The van der Waals surface area contributed by atoms with E-state index in [1.807, 2.05) is 31.2 Å². The van der Waals surface area contributed by atoms with Crippen LogP contribution in [-0.2, 0) is 26.0 Å². The third kappa shape index (κ3) is 7.19. The Balaban J connectivity index is 1.35. The summed E-state index contributed by atoms with van der Waals surface area (Å²) in [6, 6.07) is 16.9. The molecule has 1 unspecified atom stereocenters. The molecule has 0 radical (unpaired) electrons. The Labute approximate surface area is 262 Å². The molecule has 6 N–H and O–H groups in total. The second-order valence-corrected chi connectivity index (χ2v) is 14.2. The van der Waals surface area contributed by atoms with E-state index in [0.29, 0.717) is 29.1 Å². The Bertz CT molecular complexity index is 1850. The van der Waals surface area contributed by atoms with Crippen molar-refractivity contribution in [2.45, 2.75) is 50.0 Å². The van der Waals surface area contributed by atoms with Gasteiger partial charge in [0.1, 0.15) is 6.04 Å². The molecule has 2 amide bonds. The monoisotopic (exact) mass is 632 g/mol. The number of nitrogens with zero attached hydrogens (tertiary/aromatic N) is 1. The van der Waals surface area contributed by atoms with Crippen LogP contribution in [0.25, 0.3) is 22.0 Å². The first-order valence-corrected chi connectivity index (χ1v) is 16.5. The van der Waals surface area contributed by atoms with Crippen molar-refractivity contribution < 1.29 is 18.0 Å².